The SMILES string of the molecule is O=C(CCC1CCN(Cc2ncc[nH]2)CC1)Nc1ccccc1Cl. The van der Waals surface area contributed by atoms with Gasteiger partial charge in [0.05, 0.1) is 17.3 Å². The molecule has 128 valence electrons. The summed E-state index contributed by atoms with van der Waals surface area (Å²) in [6.07, 6.45) is 7.42. The van der Waals surface area contributed by atoms with Crippen molar-refractivity contribution in [2.24, 2.45) is 5.92 Å². The number of para-hydroxylation sites is 1. The maximum atomic E-state index is 12.1. The third kappa shape index (κ3) is 4.82. The number of benzene rings is 1. The van der Waals surface area contributed by atoms with Crippen molar-refractivity contribution in [3.63, 3.8) is 0 Å². The number of piperidine rings is 1. The summed E-state index contributed by atoms with van der Waals surface area (Å²) >= 11 is 6.06. The van der Waals surface area contributed by atoms with Crippen LogP contribution in [0, 0.1) is 5.92 Å². The van der Waals surface area contributed by atoms with Gasteiger partial charge in [0.25, 0.3) is 0 Å². The number of hydrogen-bond acceptors (Lipinski definition) is 3. The molecule has 1 saturated heterocycles. The van der Waals surface area contributed by atoms with Gasteiger partial charge in [0.1, 0.15) is 5.82 Å². The van der Waals surface area contributed by atoms with Crippen LogP contribution in [-0.4, -0.2) is 33.9 Å². The fourth-order valence-corrected chi connectivity index (χ4v) is 3.32. The van der Waals surface area contributed by atoms with E-state index < -0.39 is 0 Å². The second kappa shape index (κ2) is 8.31. The number of halogens is 1. The molecule has 1 aliphatic heterocycles. The molecule has 1 aliphatic rings. The van der Waals surface area contributed by atoms with Crippen LogP contribution in [-0.2, 0) is 11.3 Å². The Morgan fingerprint density at radius 2 is 2.12 bits per heavy atom. The number of aromatic nitrogens is 2. The second-order valence-electron chi connectivity index (χ2n) is 6.32. The summed E-state index contributed by atoms with van der Waals surface area (Å²) in [5.74, 6) is 1.68. The number of likely N-dealkylation sites (tertiary alicyclic amines) is 1. The molecule has 1 amide bonds. The van der Waals surface area contributed by atoms with Crippen molar-refractivity contribution >= 4 is 23.2 Å². The molecule has 2 N–H and O–H groups in total. The highest BCUT2D eigenvalue weighted by Crippen LogP contribution is 2.24. The van der Waals surface area contributed by atoms with Gasteiger partial charge in [0, 0.05) is 18.8 Å². The minimum Gasteiger partial charge on any atom is -0.348 e. The molecule has 5 nitrogen and oxygen atoms in total. The summed E-state index contributed by atoms with van der Waals surface area (Å²) in [6, 6.07) is 7.34. The highest BCUT2D eigenvalue weighted by atomic mass is 35.5. The van der Waals surface area contributed by atoms with Crippen LogP contribution >= 0.6 is 11.6 Å². The first-order valence-corrected chi connectivity index (χ1v) is 8.83. The van der Waals surface area contributed by atoms with Crippen LogP contribution in [0.2, 0.25) is 5.02 Å². The van der Waals surface area contributed by atoms with Crippen molar-refractivity contribution in [2.75, 3.05) is 18.4 Å². The average molecular weight is 347 g/mol. The van der Waals surface area contributed by atoms with Gasteiger partial charge in [-0.3, -0.25) is 9.69 Å². The highest BCUT2D eigenvalue weighted by molar-refractivity contribution is 6.33. The minimum absolute atomic E-state index is 0.0427. The summed E-state index contributed by atoms with van der Waals surface area (Å²) in [4.78, 5) is 21.9. The van der Waals surface area contributed by atoms with Gasteiger partial charge in [0.15, 0.2) is 0 Å². The van der Waals surface area contributed by atoms with E-state index in [1.165, 1.54) is 0 Å². The molecule has 1 fully saturated rings. The van der Waals surface area contributed by atoms with Crippen LogP contribution in [0.4, 0.5) is 5.69 Å². The molecule has 2 heterocycles. The van der Waals surface area contributed by atoms with Crippen LogP contribution in [0.1, 0.15) is 31.5 Å². The molecule has 3 rings (SSSR count). The molecule has 0 aliphatic carbocycles. The first kappa shape index (κ1) is 17.0. The predicted octanol–water partition coefficient (Wildman–Crippen LogP) is 3.69. The number of imidazole rings is 1. The molecule has 0 saturated carbocycles. The first-order valence-electron chi connectivity index (χ1n) is 8.45. The van der Waals surface area contributed by atoms with E-state index in [1.54, 1.807) is 12.3 Å². The number of nitrogens with zero attached hydrogens (tertiary/aromatic N) is 2. The van der Waals surface area contributed by atoms with Gasteiger partial charge in [-0.1, -0.05) is 23.7 Å². The number of amides is 1. The van der Waals surface area contributed by atoms with Crippen molar-refractivity contribution in [1.29, 1.82) is 0 Å². The summed E-state index contributed by atoms with van der Waals surface area (Å²) < 4.78 is 0. The van der Waals surface area contributed by atoms with E-state index in [1.807, 2.05) is 24.4 Å². The van der Waals surface area contributed by atoms with Crippen LogP contribution in [0.3, 0.4) is 0 Å². The van der Waals surface area contributed by atoms with E-state index in [9.17, 15) is 4.79 Å². The number of carbonyl (C=O) groups excluding carboxylic acids is 1. The Kier molecular flexibility index (Phi) is 5.88. The summed E-state index contributed by atoms with van der Waals surface area (Å²) in [6.45, 7) is 3.02. The molecule has 1 aromatic carbocycles. The number of H-pyrrole nitrogens is 1. The molecule has 1 aromatic heterocycles. The lowest BCUT2D eigenvalue weighted by molar-refractivity contribution is -0.116. The molecular formula is C18H23ClN4O. The van der Waals surface area contributed by atoms with Crippen LogP contribution in [0.25, 0.3) is 0 Å². The van der Waals surface area contributed by atoms with E-state index >= 15 is 0 Å². The standard InChI is InChI=1S/C18H23ClN4O/c19-15-3-1-2-4-16(15)22-18(24)6-5-14-7-11-23(12-8-14)13-17-20-9-10-21-17/h1-4,9-10,14H,5-8,11-13H2,(H,20,21)(H,22,24). The lowest BCUT2D eigenvalue weighted by Crippen LogP contribution is -2.33. The Morgan fingerprint density at radius 3 is 2.83 bits per heavy atom. The van der Waals surface area contributed by atoms with Gasteiger partial charge in [-0.25, -0.2) is 4.98 Å². The minimum atomic E-state index is 0.0427. The van der Waals surface area contributed by atoms with Crippen LogP contribution < -0.4 is 5.32 Å². The van der Waals surface area contributed by atoms with E-state index in [0.29, 0.717) is 23.0 Å². The molecule has 0 atom stereocenters. The van der Waals surface area contributed by atoms with Crippen molar-refractivity contribution in [1.82, 2.24) is 14.9 Å². The van der Waals surface area contributed by atoms with Gasteiger partial charge < -0.3 is 10.3 Å². The number of hydrogen-bond donors (Lipinski definition) is 2. The zero-order chi connectivity index (χ0) is 16.8. The first-order chi connectivity index (χ1) is 11.7. The van der Waals surface area contributed by atoms with E-state index in [4.69, 9.17) is 11.6 Å². The fourth-order valence-electron chi connectivity index (χ4n) is 3.14. The number of anilines is 1. The van der Waals surface area contributed by atoms with Gasteiger partial charge >= 0.3 is 0 Å². The van der Waals surface area contributed by atoms with Gasteiger partial charge in [-0.15, -0.1) is 0 Å². The molecule has 0 unspecified atom stereocenters. The topological polar surface area (TPSA) is 61.0 Å². The molecule has 6 heteroatoms. The van der Waals surface area contributed by atoms with Crippen molar-refractivity contribution in [2.45, 2.75) is 32.2 Å². The molecule has 0 radical (unpaired) electrons. The van der Waals surface area contributed by atoms with Crippen molar-refractivity contribution < 1.29 is 4.79 Å². The third-order valence-corrected chi connectivity index (χ3v) is 4.89. The smallest absolute Gasteiger partial charge is 0.224 e. The highest BCUT2D eigenvalue weighted by Gasteiger charge is 2.20. The Bertz CT molecular complexity index is 651. The van der Waals surface area contributed by atoms with Gasteiger partial charge in [0.2, 0.25) is 5.91 Å². The Labute approximate surface area is 147 Å². The fraction of sp³-hybridized carbons (Fsp3) is 0.444. The molecule has 0 spiro atoms. The normalized spacial score (nSPS) is 16.2. The van der Waals surface area contributed by atoms with E-state index in [-0.39, 0.29) is 5.91 Å². The Hall–Kier alpha value is -1.85. The average Bonchev–Trinajstić information content (AvgIpc) is 3.09. The number of carbonyl (C=O) groups is 1. The zero-order valence-electron chi connectivity index (χ0n) is 13.7. The Morgan fingerprint density at radius 1 is 1.33 bits per heavy atom. The van der Waals surface area contributed by atoms with E-state index in [2.05, 4.69) is 20.2 Å². The maximum Gasteiger partial charge on any atom is 0.224 e. The number of nitrogens with one attached hydrogen (secondary N) is 2. The quantitative estimate of drug-likeness (QED) is 0.838. The summed E-state index contributed by atoms with van der Waals surface area (Å²) in [5.41, 5.74) is 0.692. The second-order valence-corrected chi connectivity index (χ2v) is 6.73. The lowest BCUT2D eigenvalue weighted by atomic mass is 9.92. The molecule has 0 bridgehead atoms. The monoisotopic (exact) mass is 346 g/mol. The molecular weight excluding hydrogens is 324 g/mol. The molecule has 2 aromatic rings. The van der Waals surface area contributed by atoms with Crippen LogP contribution in [0.5, 0.6) is 0 Å². The third-order valence-electron chi connectivity index (χ3n) is 4.56. The number of rotatable bonds is 6. The Balaban J connectivity index is 1.37. The largest absolute Gasteiger partial charge is 0.348 e. The summed E-state index contributed by atoms with van der Waals surface area (Å²) in [5, 5.41) is 3.48. The lowest BCUT2D eigenvalue weighted by Gasteiger charge is -2.31. The van der Waals surface area contributed by atoms with Crippen molar-refractivity contribution in [3.8, 4) is 0 Å². The predicted molar refractivity (Wildman–Crippen MR) is 95.9 cm³/mol. The zero-order valence-corrected chi connectivity index (χ0v) is 14.4. The summed E-state index contributed by atoms with van der Waals surface area (Å²) in [7, 11) is 0. The number of aromatic amines is 1. The maximum absolute atomic E-state index is 12.1. The van der Waals surface area contributed by atoms with Crippen LogP contribution in [0.15, 0.2) is 36.7 Å². The molecule has 24 heavy (non-hydrogen) atoms. The van der Waals surface area contributed by atoms with Gasteiger partial charge in [-0.2, -0.15) is 0 Å². The van der Waals surface area contributed by atoms with Gasteiger partial charge in [-0.05, 0) is 50.4 Å². The van der Waals surface area contributed by atoms with Crippen molar-refractivity contribution in [3.05, 3.63) is 47.5 Å². The van der Waals surface area contributed by atoms with E-state index in [0.717, 1.165) is 44.7 Å².